The van der Waals surface area contributed by atoms with Gasteiger partial charge in [0, 0.05) is 19.0 Å². The molecule has 0 spiro atoms. The van der Waals surface area contributed by atoms with Crippen molar-refractivity contribution in [2.24, 2.45) is 0 Å². The summed E-state index contributed by atoms with van der Waals surface area (Å²) >= 11 is 0. The second kappa shape index (κ2) is 3.44. The van der Waals surface area contributed by atoms with Crippen molar-refractivity contribution >= 4 is 11.7 Å². The highest BCUT2D eigenvalue weighted by Crippen LogP contribution is 2.28. The molecular formula is C10H15N3O. The van der Waals surface area contributed by atoms with E-state index in [-0.39, 0.29) is 5.91 Å². The van der Waals surface area contributed by atoms with Crippen molar-refractivity contribution in [2.75, 3.05) is 11.9 Å². The maximum atomic E-state index is 11.3. The van der Waals surface area contributed by atoms with Crippen LogP contribution in [-0.4, -0.2) is 22.2 Å². The summed E-state index contributed by atoms with van der Waals surface area (Å²) in [6.07, 6.45) is 3.22. The van der Waals surface area contributed by atoms with Crippen molar-refractivity contribution in [3.05, 3.63) is 11.3 Å². The van der Waals surface area contributed by atoms with Gasteiger partial charge in [0.2, 0.25) is 5.91 Å². The Labute approximate surface area is 83.3 Å². The summed E-state index contributed by atoms with van der Waals surface area (Å²) in [7, 11) is 0. The predicted molar refractivity (Wildman–Crippen MR) is 54.7 cm³/mol. The van der Waals surface area contributed by atoms with E-state index in [2.05, 4.69) is 10.4 Å². The molecule has 0 bridgehead atoms. The van der Waals surface area contributed by atoms with Crippen LogP contribution < -0.4 is 5.32 Å². The van der Waals surface area contributed by atoms with Crippen molar-refractivity contribution in [1.29, 1.82) is 0 Å². The van der Waals surface area contributed by atoms with Gasteiger partial charge in [-0.15, -0.1) is 0 Å². The van der Waals surface area contributed by atoms with Gasteiger partial charge in [-0.2, -0.15) is 9.78 Å². The minimum absolute atomic E-state index is 0.0182. The molecule has 1 aliphatic carbocycles. The highest BCUT2D eigenvalue weighted by Gasteiger charge is 2.22. The van der Waals surface area contributed by atoms with Crippen molar-refractivity contribution in [2.45, 2.75) is 33.1 Å². The van der Waals surface area contributed by atoms with Crippen LogP contribution >= 0.6 is 0 Å². The molecule has 0 aliphatic heterocycles. The zero-order valence-corrected chi connectivity index (χ0v) is 8.63. The van der Waals surface area contributed by atoms with Gasteiger partial charge in [0.25, 0.3) is 0 Å². The van der Waals surface area contributed by atoms with Crippen LogP contribution in [-0.2, 0) is 12.8 Å². The molecule has 4 nitrogen and oxygen atoms in total. The SMILES string of the molecule is CCNc1c2c(nn1C(C)=O)CCC2. The van der Waals surface area contributed by atoms with E-state index < -0.39 is 0 Å². The second-order valence-electron chi connectivity index (χ2n) is 3.59. The zero-order valence-electron chi connectivity index (χ0n) is 8.63. The van der Waals surface area contributed by atoms with E-state index in [9.17, 15) is 4.79 Å². The van der Waals surface area contributed by atoms with E-state index in [4.69, 9.17) is 0 Å². The van der Waals surface area contributed by atoms with Crippen molar-refractivity contribution in [3.8, 4) is 0 Å². The van der Waals surface area contributed by atoms with Crippen molar-refractivity contribution in [3.63, 3.8) is 0 Å². The highest BCUT2D eigenvalue weighted by molar-refractivity contribution is 5.80. The number of nitrogens with zero attached hydrogens (tertiary/aromatic N) is 2. The predicted octanol–water partition coefficient (Wildman–Crippen LogP) is 1.46. The summed E-state index contributed by atoms with van der Waals surface area (Å²) < 4.78 is 1.49. The molecule has 0 fully saturated rings. The van der Waals surface area contributed by atoms with Gasteiger partial charge < -0.3 is 5.32 Å². The van der Waals surface area contributed by atoms with Crippen LogP contribution in [0.25, 0.3) is 0 Å². The smallest absolute Gasteiger partial charge is 0.245 e. The number of carbonyl (C=O) groups excluding carboxylic acids is 1. The standard InChI is InChI=1S/C10H15N3O/c1-3-11-10-8-5-4-6-9(8)12-13(10)7(2)14/h11H,3-6H2,1-2H3. The minimum atomic E-state index is -0.0182. The minimum Gasteiger partial charge on any atom is -0.370 e. The van der Waals surface area contributed by atoms with E-state index in [0.29, 0.717) is 0 Å². The van der Waals surface area contributed by atoms with Gasteiger partial charge >= 0.3 is 0 Å². The lowest BCUT2D eigenvalue weighted by Gasteiger charge is -2.06. The van der Waals surface area contributed by atoms with Gasteiger partial charge in [-0.25, -0.2) is 0 Å². The lowest BCUT2D eigenvalue weighted by molar-refractivity contribution is 0.0923. The third kappa shape index (κ3) is 1.31. The molecule has 2 rings (SSSR count). The number of anilines is 1. The van der Waals surface area contributed by atoms with Gasteiger partial charge in [0.05, 0.1) is 5.69 Å². The third-order valence-electron chi connectivity index (χ3n) is 2.55. The molecule has 4 heteroatoms. The number of aromatic nitrogens is 2. The Morgan fingerprint density at radius 2 is 2.36 bits per heavy atom. The average molecular weight is 193 g/mol. The Morgan fingerprint density at radius 1 is 1.57 bits per heavy atom. The summed E-state index contributed by atoms with van der Waals surface area (Å²) in [5.41, 5.74) is 2.33. The molecule has 1 aliphatic rings. The topological polar surface area (TPSA) is 46.9 Å². The van der Waals surface area contributed by atoms with Gasteiger partial charge in [-0.1, -0.05) is 0 Å². The van der Waals surface area contributed by atoms with Crippen LogP contribution in [0.5, 0.6) is 0 Å². The number of carbonyl (C=O) groups is 1. The van der Waals surface area contributed by atoms with E-state index in [1.165, 1.54) is 10.2 Å². The molecule has 0 amide bonds. The maximum absolute atomic E-state index is 11.3. The number of hydrogen-bond acceptors (Lipinski definition) is 3. The van der Waals surface area contributed by atoms with Gasteiger partial charge in [-0.05, 0) is 26.2 Å². The fourth-order valence-electron chi connectivity index (χ4n) is 1.97. The quantitative estimate of drug-likeness (QED) is 0.773. The molecule has 0 unspecified atom stereocenters. The molecular weight excluding hydrogens is 178 g/mol. The molecule has 0 saturated heterocycles. The molecule has 0 saturated carbocycles. The lowest BCUT2D eigenvalue weighted by Crippen LogP contribution is -2.14. The Kier molecular flexibility index (Phi) is 2.27. The molecule has 0 radical (unpaired) electrons. The van der Waals surface area contributed by atoms with E-state index in [0.717, 1.165) is 37.3 Å². The Hall–Kier alpha value is -1.32. The fraction of sp³-hybridized carbons (Fsp3) is 0.600. The van der Waals surface area contributed by atoms with Crippen LogP contribution in [0.3, 0.4) is 0 Å². The summed E-state index contributed by atoms with van der Waals surface area (Å²) in [5, 5.41) is 7.53. The van der Waals surface area contributed by atoms with Crippen LogP contribution in [0.2, 0.25) is 0 Å². The van der Waals surface area contributed by atoms with Crippen molar-refractivity contribution < 1.29 is 4.79 Å². The number of hydrogen-bond donors (Lipinski definition) is 1. The summed E-state index contributed by atoms with van der Waals surface area (Å²) in [4.78, 5) is 11.3. The Morgan fingerprint density at radius 3 is 3.00 bits per heavy atom. The Balaban J connectivity index is 2.45. The van der Waals surface area contributed by atoms with Crippen LogP contribution in [0, 0.1) is 0 Å². The number of fused-ring (bicyclic) bond motifs is 1. The summed E-state index contributed by atoms with van der Waals surface area (Å²) in [6.45, 7) is 4.40. The fourth-order valence-corrected chi connectivity index (χ4v) is 1.97. The highest BCUT2D eigenvalue weighted by atomic mass is 16.2. The van der Waals surface area contributed by atoms with Crippen LogP contribution in [0.4, 0.5) is 5.82 Å². The van der Waals surface area contributed by atoms with Crippen LogP contribution in [0.1, 0.15) is 36.3 Å². The first-order valence-electron chi connectivity index (χ1n) is 5.09. The van der Waals surface area contributed by atoms with Gasteiger partial charge in [-0.3, -0.25) is 4.79 Å². The number of nitrogens with one attached hydrogen (secondary N) is 1. The normalized spacial score (nSPS) is 14.1. The molecule has 1 aromatic heterocycles. The zero-order chi connectivity index (χ0) is 10.1. The molecule has 76 valence electrons. The molecule has 1 N–H and O–H groups in total. The van der Waals surface area contributed by atoms with Crippen LogP contribution in [0.15, 0.2) is 0 Å². The number of aryl methyl sites for hydroxylation is 1. The summed E-state index contributed by atoms with van der Waals surface area (Å²) in [5.74, 6) is 0.892. The summed E-state index contributed by atoms with van der Waals surface area (Å²) in [6, 6.07) is 0. The first kappa shape index (κ1) is 9.24. The van der Waals surface area contributed by atoms with E-state index in [1.54, 1.807) is 6.92 Å². The lowest BCUT2D eigenvalue weighted by atomic mass is 10.2. The monoisotopic (exact) mass is 193 g/mol. The first-order chi connectivity index (χ1) is 6.74. The van der Waals surface area contributed by atoms with E-state index >= 15 is 0 Å². The molecule has 0 aromatic carbocycles. The van der Waals surface area contributed by atoms with E-state index in [1.807, 2.05) is 6.92 Å². The number of rotatable bonds is 2. The maximum Gasteiger partial charge on any atom is 0.245 e. The first-order valence-corrected chi connectivity index (χ1v) is 5.09. The third-order valence-corrected chi connectivity index (χ3v) is 2.55. The largest absolute Gasteiger partial charge is 0.370 e. The van der Waals surface area contributed by atoms with Crippen molar-refractivity contribution in [1.82, 2.24) is 9.78 Å². The average Bonchev–Trinajstić information content (AvgIpc) is 2.67. The van der Waals surface area contributed by atoms with Gasteiger partial charge in [0.15, 0.2) is 0 Å². The molecule has 1 heterocycles. The molecule has 1 aromatic rings. The van der Waals surface area contributed by atoms with Gasteiger partial charge in [0.1, 0.15) is 5.82 Å². The second-order valence-corrected chi connectivity index (χ2v) is 3.59. The molecule has 14 heavy (non-hydrogen) atoms. The molecule has 0 atom stereocenters. The Bertz CT molecular complexity index is 368.